The first-order chi connectivity index (χ1) is 4.91. The van der Waals surface area contributed by atoms with E-state index in [2.05, 4.69) is 6.58 Å². The molecule has 0 aliphatic heterocycles. The van der Waals surface area contributed by atoms with Crippen molar-refractivity contribution in [2.75, 3.05) is 12.4 Å². The van der Waals surface area contributed by atoms with Crippen LogP contribution < -0.4 is 0 Å². The minimum Gasteiger partial charge on any atom is -0.477 e. The van der Waals surface area contributed by atoms with Crippen LogP contribution in [0.5, 0.6) is 0 Å². The Morgan fingerprint density at radius 2 is 1.91 bits per heavy atom. The minimum absolute atomic E-state index is 0.599. The van der Waals surface area contributed by atoms with E-state index in [0.29, 0.717) is 0 Å². The molecule has 0 amide bonds. The molecule has 5 nitrogen and oxygen atoms in total. The number of carboxylic acids is 1. The number of aliphatic carboxylic acids is 1. The van der Waals surface area contributed by atoms with Crippen molar-refractivity contribution >= 4 is 15.8 Å². The van der Waals surface area contributed by atoms with Gasteiger partial charge in [0.2, 0.25) is 0 Å². The van der Waals surface area contributed by atoms with Gasteiger partial charge in [-0.1, -0.05) is 6.58 Å². The van der Waals surface area contributed by atoms with Gasteiger partial charge in [-0.15, -0.1) is 0 Å². The number of carboxylic acid groups (broad SMARTS) is 1. The van der Waals surface area contributed by atoms with Gasteiger partial charge in [-0.2, -0.15) is 0 Å². The van der Waals surface area contributed by atoms with Crippen LogP contribution in [0.1, 0.15) is 0 Å². The van der Waals surface area contributed by atoms with Crippen molar-refractivity contribution in [1.82, 2.24) is 0 Å². The van der Waals surface area contributed by atoms with E-state index in [1.54, 1.807) is 0 Å². The predicted octanol–water partition coefficient (Wildman–Crippen LogP) is -1.01. The molecule has 0 saturated carbocycles. The molecule has 0 aliphatic carbocycles. The van der Waals surface area contributed by atoms with E-state index in [9.17, 15) is 13.2 Å². The zero-order valence-corrected chi connectivity index (χ0v) is 6.47. The molecule has 0 bridgehead atoms. The Labute approximate surface area is 63.9 Å². The summed E-state index contributed by atoms with van der Waals surface area (Å²) in [7, 11) is -3.85. The summed E-state index contributed by atoms with van der Waals surface area (Å²) in [6.45, 7) is 2.24. The summed E-state index contributed by atoms with van der Waals surface area (Å²) in [6.07, 6.45) is 0. The number of hydrogen-bond donors (Lipinski definition) is 2. The van der Waals surface area contributed by atoms with E-state index in [4.69, 9.17) is 10.2 Å². The zero-order valence-electron chi connectivity index (χ0n) is 5.65. The quantitative estimate of drug-likeness (QED) is 0.541. The Kier molecular flexibility index (Phi) is 3.21. The molecule has 0 spiro atoms. The number of rotatable bonds is 4. The standard InChI is InChI=1S/C5H8O5S/c1-4(5(7)8)11(9,10)3-2-6/h6H,1-3H2,(H,7,8). The van der Waals surface area contributed by atoms with Gasteiger partial charge in [-0.05, 0) is 0 Å². The van der Waals surface area contributed by atoms with Crippen LogP contribution >= 0.6 is 0 Å². The molecule has 64 valence electrons. The van der Waals surface area contributed by atoms with Crippen molar-refractivity contribution in [2.24, 2.45) is 0 Å². The number of sulfone groups is 1. The number of aliphatic hydroxyl groups is 1. The lowest BCUT2D eigenvalue weighted by molar-refractivity contribution is -0.131. The van der Waals surface area contributed by atoms with E-state index in [0.717, 1.165) is 0 Å². The van der Waals surface area contributed by atoms with Crippen LogP contribution in [0, 0.1) is 0 Å². The summed E-state index contributed by atoms with van der Waals surface area (Å²) in [5.74, 6) is -2.18. The third kappa shape index (κ3) is 2.69. The van der Waals surface area contributed by atoms with Gasteiger partial charge in [0.25, 0.3) is 0 Å². The van der Waals surface area contributed by atoms with Crippen LogP contribution in [0.25, 0.3) is 0 Å². The number of carbonyl (C=O) groups is 1. The van der Waals surface area contributed by atoms with Crippen LogP contribution in [-0.2, 0) is 14.6 Å². The first-order valence-electron chi connectivity index (χ1n) is 2.67. The van der Waals surface area contributed by atoms with Gasteiger partial charge in [-0.25, -0.2) is 13.2 Å². The minimum atomic E-state index is -3.85. The third-order valence-corrected chi connectivity index (χ3v) is 2.62. The second-order valence-corrected chi connectivity index (χ2v) is 3.90. The van der Waals surface area contributed by atoms with Gasteiger partial charge in [-0.3, -0.25) is 0 Å². The van der Waals surface area contributed by atoms with E-state index in [1.165, 1.54) is 0 Å². The molecule has 0 aliphatic rings. The van der Waals surface area contributed by atoms with Crippen LogP contribution in [0.2, 0.25) is 0 Å². The van der Waals surface area contributed by atoms with Gasteiger partial charge in [0.15, 0.2) is 9.84 Å². The molecule has 0 heterocycles. The molecule has 0 aromatic rings. The van der Waals surface area contributed by atoms with Gasteiger partial charge in [0.1, 0.15) is 4.91 Å². The Morgan fingerprint density at radius 3 is 2.18 bits per heavy atom. The lowest BCUT2D eigenvalue weighted by atomic mass is 10.7. The summed E-state index contributed by atoms with van der Waals surface area (Å²) in [6, 6.07) is 0. The zero-order chi connectivity index (χ0) is 9.07. The molecular formula is C5H8O5S. The molecule has 0 saturated heterocycles. The third-order valence-electron chi connectivity index (χ3n) is 0.974. The largest absolute Gasteiger partial charge is 0.477 e. The lowest BCUT2D eigenvalue weighted by Crippen LogP contribution is -2.17. The Balaban J connectivity index is 4.59. The van der Waals surface area contributed by atoms with Crippen LogP contribution in [0.4, 0.5) is 0 Å². The maximum absolute atomic E-state index is 10.7. The van der Waals surface area contributed by atoms with Crippen molar-refractivity contribution in [3.8, 4) is 0 Å². The Morgan fingerprint density at radius 1 is 1.45 bits per heavy atom. The molecular weight excluding hydrogens is 172 g/mol. The first kappa shape index (κ1) is 10.1. The Hall–Kier alpha value is -0.880. The molecule has 2 N–H and O–H groups in total. The molecule has 0 rings (SSSR count). The average molecular weight is 180 g/mol. The van der Waals surface area contributed by atoms with E-state index in [-0.39, 0.29) is 0 Å². The molecule has 6 heteroatoms. The molecule has 0 atom stereocenters. The predicted molar refractivity (Wildman–Crippen MR) is 37.6 cm³/mol. The summed E-state index contributed by atoms with van der Waals surface area (Å²) >= 11 is 0. The summed E-state index contributed by atoms with van der Waals surface area (Å²) < 4.78 is 21.5. The topological polar surface area (TPSA) is 91.7 Å². The van der Waals surface area contributed by atoms with E-state index < -0.39 is 33.1 Å². The molecule has 0 fully saturated rings. The average Bonchev–Trinajstić information content (AvgIpc) is 1.86. The van der Waals surface area contributed by atoms with Gasteiger partial charge in [0, 0.05) is 0 Å². The monoisotopic (exact) mass is 180 g/mol. The smallest absolute Gasteiger partial charge is 0.346 e. The molecule has 0 aromatic heterocycles. The fourth-order valence-corrected chi connectivity index (χ4v) is 1.13. The number of hydrogen-bond acceptors (Lipinski definition) is 4. The highest BCUT2D eigenvalue weighted by molar-refractivity contribution is 7.96. The molecule has 0 radical (unpaired) electrons. The highest BCUT2D eigenvalue weighted by Gasteiger charge is 2.20. The highest BCUT2D eigenvalue weighted by atomic mass is 32.2. The summed E-state index contributed by atoms with van der Waals surface area (Å²) in [5.41, 5.74) is 0. The fraction of sp³-hybridized carbons (Fsp3) is 0.400. The van der Waals surface area contributed by atoms with Crippen molar-refractivity contribution in [3.05, 3.63) is 11.5 Å². The second kappa shape index (κ2) is 3.49. The van der Waals surface area contributed by atoms with Crippen LogP contribution in [0.3, 0.4) is 0 Å². The van der Waals surface area contributed by atoms with Crippen molar-refractivity contribution in [2.45, 2.75) is 0 Å². The molecule has 11 heavy (non-hydrogen) atoms. The number of aliphatic hydroxyl groups excluding tert-OH is 1. The normalized spacial score (nSPS) is 11.0. The van der Waals surface area contributed by atoms with Crippen molar-refractivity contribution in [3.63, 3.8) is 0 Å². The van der Waals surface area contributed by atoms with Gasteiger partial charge >= 0.3 is 5.97 Å². The highest BCUT2D eigenvalue weighted by Crippen LogP contribution is 2.03. The van der Waals surface area contributed by atoms with Crippen molar-refractivity contribution in [1.29, 1.82) is 0 Å². The SMILES string of the molecule is C=C(C(=O)O)S(=O)(=O)CCO. The van der Waals surface area contributed by atoms with Crippen molar-refractivity contribution < 1.29 is 23.4 Å². The van der Waals surface area contributed by atoms with Crippen LogP contribution in [-0.4, -0.2) is 37.0 Å². The second-order valence-electron chi connectivity index (χ2n) is 1.77. The maximum atomic E-state index is 10.7. The van der Waals surface area contributed by atoms with Gasteiger partial charge < -0.3 is 10.2 Å². The fourth-order valence-electron chi connectivity index (χ4n) is 0.376. The first-order valence-corrected chi connectivity index (χ1v) is 4.33. The van der Waals surface area contributed by atoms with E-state index >= 15 is 0 Å². The molecule has 0 aromatic carbocycles. The summed E-state index contributed by atoms with van der Waals surface area (Å²) in [5, 5.41) is 16.4. The van der Waals surface area contributed by atoms with E-state index in [1.807, 2.05) is 0 Å². The Bertz CT molecular complexity index is 263. The van der Waals surface area contributed by atoms with Gasteiger partial charge in [0.05, 0.1) is 12.4 Å². The summed E-state index contributed by atoms with van der Waals surface area (Å²) in [4.78, 5) is 9.18. The van der Waals surface area contributed by atoms with Crippen LogP contribution in [0.15, 0.2) is 11.5 Å². The molecule has 0 unspecified atom stereocenters. The lowest BCUT2D eigenvalue weighted by Gasteiger charge is -1.99. The maximum Gasteiger partial charge on any atom is 0.346 e.